The molecule has 1 aromatic carbocycles. The summed E-state index contributed by atoms with van der Waals surface area (Å²) >= 11 is 4.85. The van der Waals surface area contributed by atoms with Gasteiger partial charge in [-0.1, -0.05) is 26.1 Å². The number of ether oxygens (including phenoxy) is 1. The molecule has 0 saturated carbocycles. The van der Waals surface area contributed by atoms with E-state index in [1.165, 1.54) is 19.2 Å². The molecule has 2 N–H and O–H groups in total. The van der Waals surface area contributed by atoms with Crippen LogP contribution in [0.25, 0.3) is 0 Å². The Hall–Kier alpha value is -1.69. The Labute approximate surface area is 130 Å². The van der Waals surface area contributed by atoms with Crippen LogP contribution in [0.2, 0.25) is 0 Å². The lowest BCUT2D eigenvalue weighted by Gasteiger charge is -2.24. The second-order valence-electron chi connectivity index (χ2n) is 5.21. The molecule has 0 radical (unpaired) electrons. The van der Waals surface area contributed by atoms with Crippen LogP contribution in [0.4, 0.5) is 4.39 Å². The smallest absolute Gasteiger partial charge is 0.253 e. The van der Waals surface area contributed by atoms with Crippen molar-refractivity contribution in [3.63, 3.8) is 0 Å². The van der Waals surface area contributed by atoms with Crippen LogP contribution in [-0.2, 0) is 0 Å². The van der Waals surface area contributed by atoms with E-state index in [-0.39, 0.29) is 17.2 Å². The van der Waals surface area contributed by atoms with Gasteiger partial charge in [-0.2, -0.15) is 0 Å². The van der Waals surface area contributed by atoms with E-state index in [1.54, 1.807) is 11.0 Å². The Morgan fingerprint density at radius 2 is 2.14 bits per heavy atom. The van der Waals surface area contributed by atoms with Gasteiger partial charge in [-0.25, -0.2) is 4.39 Å². The van der Waals surface area contributed by atoms with Crippen LogP contribution in [0.15, 0.2) is 18.2 Å². The summed E-state index contributed by atoms with van der Waals surface area (Å²) in [7, 11) is 1.38. The van der Waals surface area contributed by atoms with Crippen molar-refractivity contribution >= 4 is 23.1 Å². The van der Waals surface area contributed by atoms with Crippen molar-refractivity contribution in [2.45, 2.75) is 20.3 Å². The molecule has 0 unspecified atom stereocenters. The molecule has 4 nitrogen and oxygen atoms in total. The molecule has 1 rings (SSSR count). The van der Waals surface area contributed by atoms with Crippen molar-refractivity contribution < 1.29 is 13.9 Å². The monoisotopic (exact) mass is 312 g/mol. The number of nitrogens with zero attached hydrogens (tertiary/aromatic N) is 1. The van der Waals surface area contributed by atoms with Crippen LogP contribution in [0.1, 0.15) is 30.6 Å². The molecular weight excluding hydrogens is 291 g/mol. The van der Waals surface area contributed by atoms with E-state index in [0.29, 0.717) is 30.4 Å². The minimum Gasteiger partial charge on any atom is -0.494 e. The van der Waals surface area contributed by atoms with E-state index >= 15 is 0 Å². The summed E-state index contributed by atoms with van der Waals surface area (Å²) in [6.07, 6.45) is 0.451. The number of halogens is 1. The number of nitrogens with two attached hydrogens (primary N) is 1. The van der Waals surface area contributed by atoms with Gasteiger partial charge in [0.1, 0.15) is 0 Å². The maximum atomic E-state index is 13.7. The zero-order chi connectivity index (χ0) is 16.0. The molecule has 0 aromatic heterocycles. The van der Waals surface area contributed by atoms with Gasteiger partial charge < -0.3 is 15.4 Å². The number of methoxy groups -OCH3 is 1. The summed E-state index contributed by atoms with van der Waals surface area (Å²) < 4.78 is 18.6. The molecule has 0 atom stereocenters. The largest absolute Gasteiger partial charge is 0.494 e. The topological polar surface area (TPSA) is 55.6 Å². The average Bonchev–Trinajstić information content (AvgIpc) is 2.42. The van der Waals surface area contributed by atoms with Crippen molar-refractivity contribution in [1.82, 2.24) is 4.90 Å². The summed E-state index contributed by atoms with van der Waals surface area (Å²) in [5.41, 5.74) is 5.78. The number of rotatable bonds is 7. The van der Waals surface area contributed by atoms with E-state index in [9.17, 15) is 9.18 Å². The van der Waals surface area contributed by atoms with Gasteiger partial charge in [-0.05, 0) is 24.1 Å². The second kappa shape index (κ2) is 7.93. The number of carbonyl (C=O) groups excluding carboxylic acids is 1. The highest BCUT2D eigenvalue weighted by Crippen LogP contribution is 2.19. The number of benzene rings is 1. The van der Waals surface area contributed by atoms with Crippen LogP contribution in [0, 0.1) is 11.7 Å². The lowest BCUT2D eigenvalue weighted by molar-refractivity contribution is 0.0740. The van der Waals surface area contributed by atoms with Crippen molar-refractivity contribution in [3.8, 4) is 5.75 Å². The number of carbonyl (C=O) groups is 1. The molecule has 0 aliphatic carbocycles. The van der Waals surface area contributed by atoms with Gasteiger partial charge in [0.25, 0.3) is 5.91 Å². The molecule has 0 heterocycles. The minimum atomic E-state index is -0.554. The molecule has 1 amide bonds. The minimum absolute atomic E-state index is 0.116. The molecule has 116 valence electrons. The van der Waals surface area contributed by atoms with Crippen molar-refractivity contribution in [3.05, 3.63) is 29.6 Å². The van der Waals surface area contributed by atoms with Gasteiger partial charge in [0, 0.05) is 25.1 Å². The molecule has 0 aliphatic rings. The number of thiocarbonyl (C=S) groups is 1. The fraction of sp³-hybridized carbons (Fsp3) is 0.467. The van der Waals surface area contributed by atoms with Crippen LogP contribution < -0.4 is 10.5 Å². The zero-order valence-corrected chi connectivity index (χ0v) is 13.4. The van der Waals surface area contributed by atoms with E-state index in [2.05, 4.69) is 0 Å². The Morgan fingerprint density at radius 1 is 1.48 bits per heavy atom. The summed E-state index contributed by atoms with van der Waals surface area (Å²) in [6.45, 7) is 5.01. The maximum absolute atomic E-state index is 13.7. The lowest BCUT2D eigenvalue weighted by atomic mass is 10.1. The first-order chi connectivity index (χ1) is 9.85. The first-order valence-electron chi connectivity index (χ1n) is 6.76. The SMILES string of the molecule is COc1ccc(C(=O)N(CCC(N)=S)CC(C)C)cc1F. The number of hydrogen-bond acceptors (Lipinski definition) is 3. The third-order valence-corrected chi connectivity index (χ3v) is 3.10. The summed E-state index contributed by atoms with van der Waals surface area (Å²) in [5.74, 6) is -0.378. The van der Waals surface area contributed by atoms with Crippen molar-refractivity contribution in [2.75, 3.05) is 20.2 Å². The molecule has 0 aliphatic heterocycles. The first-order valence-corrected chi connectivity index (χ1v) is 7.17. The fourth-order valence-corrected chi connectivity index (χ4v) is 2.03. The first kappa shape index (κ1) is 17.4. The zero-order valence-electron chi connectivity index (χ0n) is 12.6. The number of hydrogen-bond donors (Lipinski definition) is 1. The maximum Gasteiger partial charge on any atom is 0.253 e. The number of amides is 1. The summed E-state index contributed by atoms with van der Waals surface area (Å²) in [5, 5.41) is 0. The van der Waals surface area contributed by atoms with Crippen molar-refractivity contribution in [2.24, 2.45) is 11.7 Å². The van der Waals surface area contributed by atoms with E-state index in [1.807, 2.05) is 13.8 Å². The average molecular weight is 312 g/mol. The quantitative estimate of drug-likeness (QED) is 0.786. The highest BCUT2D eigenvalue weighted by Gasteiger charge is 2.18. The van der Waals surface area contributed by atoms with Gasteiger partial charge in [0.2, 0.25) is 0 Å². The molecule has 1 aromatic rings. The molecule has 0 bridgehead atoms. The highest BCUT2D eigenvalue weighted by molar-refractivity contribution is 7.80. The van der Waals surface area contributed by atoms with Crippen molar-refractivity contribution in [1.29, 1.82) is 0 Å². The third kappa shape index (κ3) is 5.30. The summed E-state index contributed by atoms with van der Waals surface area (Å²) in [6, 6.07) is 4.19. The van der Waals surface area contributed by atoms with Crippen LogP contribution in [0.5, 0.6) is 5.75 Å². The van der Waals surface area contributed by atoms with Gasteiger partial charge in [0.15, 0.2) is 11.6 Å². The second-order valence-corrected chi connectivity index (χ2v) is 5.74. The molecule has 0 fully saturated rings. The highest BCUT2D eigenvalue weighted by atomic mass is 32.1. The van der Waals surface area contributed by atoms with E-state index < -0.39 is 5.82 Å². The molecule has 21 heavy (non-hydrogen) atoms. The van der Waals surface area contributed by atoms with Gasteiger partial charge >= 0.3 is 0 Å². The van der Waals surface area contributed by atoms with Gasteiger partial charge in [0.05, 0.1) is 12.1 Å². The Kier molecular flexibility index (Phi) is 6.55. The van der Waals surface area contributed by atoms with Gasteiger partial charge in [-0.3, -0.25) is 4.79 Å². The predicted octanol–water partition coefficient (Wildman–Crippen LogP) is 2.61. The standard InChI is InChI=1S/C15H21FN2O2S/c1-10(2)9-18(7-6-14(17)21)15(19)11-4-5-13(20-3)12(16)8-11/h4-5,8,10H,6-7,9H2,1-3H3,(H2,17,21). The van der Waals surface area contributed by atoms with E-state index in [4.69, 9.17) is 22.7 Å². The van der Waals surface area contributed by atoms with E-state index in [0.717, 1.165) is 0 Å². The summed E-state index contributed by atoms with van der Waals surface area (Å²) in [4.78, 5) is 14.5. The predicted molar refractivity (Wildman–Crippen MR) is 85.1 cm³/mol. The molecule has 0 saturated heterocycles. The van der Waals surface area contributed by atoms with Crippen LogP contribution >= 0.6 is 12.2 Å². The third-order valence-electron chi connectivity index (χ3n) is 2.90. The molecular formula is C15H21FN2O2S. The molecule has 0 spiro atoms. The Morgan fingerprint density at radius 3 is 2.62 bits per heavy atom. The Balaban J connectivity index is 2.92. The van der Waals surface area contributed by atoms with Gasteiger partial charge in [-0.15, -0.1) is 0 Å². The Bertz CT molecular complexity index is 520. The van der Waals surface area contributed by atoms with Crippen LogP contribution in [-0.4, -0.2) is 36.0 Å². The lowest BCUT2D eigenvalue weighted by Crippen LogP contribution is -2.36. The fourth-order valence-electron chi connectivity index (χ4n) is 1.94. The normalized spacial score (nSPS) is 10.5. The van der Waals surface area contributed by atoms with Crippen LogP contribution in [0.3, 0.4) is 0 Å². The molecule has 6 heteroatoms.